The molecule has 0 atom stereocenters. The van der Waals surface area contributed by atoms with Crippen LogP contribution in [0.5, 0.6) is 0 Å². The van der Waals surface area contributed by atoms with Crippen LogP contribution in [-0.2, 0) is 0 Å². The van der Waals surface area contributed by atoms with Crippen LogP contribution in [0.25, 0.3) is 0 Å². The van der Waals surface area contributed by atoms with Crippen molar-refractivity contribution in [3.05, 3.63) is 22.7 Å². The van der Waals surface area contributed by atoms with E-state index in [1.54, 1.807) is 12.1 Å². The third-order valence-corrected chi connectivity index (χ3v) is 1.99. The predicted molar refractivity (Wildman–Crippen MR) is 53.1 cm³/mol. The van der Waals surface area contributed by atoms with Gasteiger partial charge in [-0.1, -0.05) is 15.9 Å². The average molecular weight is 269 g/mol. The van der Waals surface area contributed by atoms with Gasteiger partial charge in [-0.15, -0.1) is 0 Å². The van der Waals surface area contributed by atoms with Crippen molar-refractivity contribution >= 4 is 27.3 Å². The molecule has 1 aromatic carbocycles. The number of benzene rings is 1. The second-order valence-electron chi connectivity index (χ2n) is 2.70. The largest absolute Gasteiger partial charge is 0.405 e. The molecule has 0 saturated carbocycles. The highest BCUT2D eigenvalue weighted by molar-refractivity contribution is 9.10. The lowest BCUT2D eigenvalue weighted by Crippen LogP contribution is -2.21. The predicted octanol–water partition coefficient (Wildman–Crippen LogP) is 3.01. The van der Waals surface area contributed by atoms with Crippen LogP contribution in [0.15, 0.2) is 22.7 Å². The maximum absolute atomic E-state index is 11.8. The number of halogens is 4. The third-order valence-electron chi connectivity index (χ3n) is 1.49. The topological polar surface area (TPSA) is 38.0 Å². The van der Waals surface area contributed by atoms with Crippen LogP contribution < -0.4 is 11.1 Å². The van der Waals surface area contributed by atoms with E-state index in [4.69, 9.17) is 5.73 Å². The average Bonchev–Trinajstić information content (AvgIpc) is 2.00. The van der Waals surface area contributed by atoms with Gasteiger partial charge in [0.1, 0.15) is 6.54 Å². The van der Waals surface area contributed by atoms with Crippen LogP contribution in [0.4, 0.5) is 24.5 Å². The Balaban J connectivity index is 2.68. The van der Waals surface area contributed by atoms with Crippen LogP contribution in [-0.4, -0.2) is 12.7 Å². The van der Waals surface area contributed by atoms with E-state index >= 15 is 0 Å². The van der Waals surface area contributed by atoms with Crippen LogP contribution in [0.3, 0.4) is 0 Å². The summed E-state index contributed by atoms with van der Waals surface area (Å²) in [6.45, 7) is -1.08. The van der Waals surface area contributed by atoms with Crippen molar-refractivity contribution in [3.8, 4) is 0 Å². The van der Waals surface area contributed by atoms with Crippen molar-refractivity contribution in [2.75, 3.05) is 17.6 Å². The van der Waals surface area contributed by atoms with Gasteiger partial charge in [0.05, 0.1) is 11.4 Å². The van der Waals surface area contributed by atoms with Crippen molar-refractivity contribution in [2.45, 2.75) is 6.18 Å². The molecule has 0 unspecified atom stereocenters. The summed E-state index contributed by atoms with van der Waals surface area (Å²) in [6, 6.07) is 4.65. The minimum absolute atomic E-state index is 0.281. The lowest BCUT2D eigenvalue weighted by molar-refractivity contribution is -0.115. The van der Waals surface area contributed by atoms with Gasteiger partial charge in [-0.3, -0.25) is 0 Å². The van der Waals surface area contributed by atoms with Gasteiger partial charge in [0.2, 0.25) is 0 Å². The van der Waals surface area contributed by atoms with Gasteiger partial charge in [-0.05, 0) is 18.2 Å². The second kappa shape index (κ2) is 4.08. The molecular formula is C8H8BrF3N2. The van der Waals surface area contributed by atoms with Gasteiger partial charge < -0.3 is 11.1 Å². The first kappa shape index (κ1) is 11.2. The van der Waals surface area contributed by atoms with Gasteiger partial charge >= 0.3 is 6.18 Å². The molecule has 0 aromatic heterocycles. The van der Waals surface area contributed by atoms with Crippen LogP contribution in [0.1, 0.15) is 0 Å². The Hall–Kier alpha value is -0.910. The number of hydrogen-bond acceptors (Lipinski definition) is 2. The zero-order chi connectivity index (χ0) is 10.8. The molecule has 0 radical (unpaired) electrons. The van der Waals surface area contributed by atoms with Crippen LogP contribution in [0, 0.1) is 0 Å². The van der Waals surface area contributed by atoms with Gasteiger partial charge in [0.25, 0.3) is 0 Å². The number of rotatable bonds is 2. The number of alkyl halides is 3. The maximum atomic E-state index is 11.8. The number of anilines is 2. The van der Waals surface area contributed by atoms with Gasteiger partial charge in [0, 0.05) is 4.47 Å². The van der Waals surface area contributed by atoms with Crippen molar-refractivity contribution in [3.63, 3.8) is 0 Å². The van der Waals surface area contributed by atoms with E-state index in [1.165, 1.54) is 6.07 Å². The monoisotopic (exact) mass is 268 g/mol. The summed E-state index contributed by atoms with van der Waals surface area (Å²) in [4.78, 5) is 0. The quantitative estimate of drug-likeness (QED) is 0.810. The SMILES string of the molecule is Nc1cc(Br)ccc1NCC(F)(F)F. The van der Waals surface area contributed by atoms with Gasteiger partial charge in [-0.2, -0.15) is 13.2 Å². The fraction of sp³-hybridized carbons (Fsp3) is 0.250. The zero-order valence-corrected chi connectivity index (χ0v) is 8.61. The fourth-order valence-corrected chi connectivity index (χ4v) is 1.27. The first-order valence-electron chi connectivity index (χ1n) is 3.74. The summed E-state index contributed by atoms with van der Waals surface area (Å²) < 4.78 is 36.2. The summed E-state index contributed by atoms with van der Waals surface area (Å²) >= 11 is 3.16. The summed E-state index contributed by atoms with van der Waals surface area (Å²) in [5.74, 6) is 0. The van der Waals surface area contributed by atoms with E-state index < -0.39 is 12.7 Å². The van der Waals surface area contributed by atoms with E-state index in [0.717, 1.165) is 4.47 Å². The summed E-state index contributed by atoms with van der Waals surface area (Å²) in [5.41, 5.74) is 6.05. The fourth-order valence-electron chi connectivity index (χ4n) is 0.890. The first-order valence-corrected chi connectivity index (χ1v) is 4.53. The molecule has 0 heterocycles. The Morgan fingerprint density at radius 3 is 2.50 bits per heavy atom. The van der Waals surface area contributed by atoms with Crippen molar-refractivity contribution in [1.82, 2.24) is 0 Å². The van der Waals surface area contributed by atoms with E-state index in [9.17, 15) is 13.2 Å². The smallest absolute Gasteiger partial charge is 0.397 e. The summed E-state index contributed by atoms with van der Waals surface area (Å²) in [6.07, 6.45) is -4.24. The third kappa shape index (κ3) is 3.45. The maximum Gasteiger partial charge on any atom is 0.405 e. The van der Waals surface area contributed by atoms with E-state index in [2.05, 4.69) is 21.2 Å². The number of nitrogen functional groups attached to an aromatic ring is 1. The second-order valence-corrected chi connectivity index (χ2v) is 3.62. The van der Waals surface area contributed by atoms with E-state index in [0.29, 0.717) is 0 Å². The Kier molecular flexibility index (Phi) is 3.25. The molecule has 0 bridgehead atoms. The highest BCUT2D eigenvalue weighted by Gasteiger charge is 2.26. The highest BCUT2D eigenvalue weighted by atomic mass is 79.9. The molecule has 0 fully saturated rings. The first-order chi connectivity index (χ1) is 6.38. The molecule has 1 rings (SSSR count). The Bertz CT molecular complexity index is 325. The molecule has 0 saturated heterocycles. The molecule has 1 aromatic rings. The minimum Gasteiger partial charge on any atom is -0.397 e. The van der Waals surface area contributed by atoms with Crippen LogP contribution >= 0.6 is 15.9 Å². The molecule has 3 N–H and O–H groups in total. The van der Waals surface area contributed by atoms with Crippen molar-refractivity contribution in [1.29, 1.82) is 0 Å². The molecule has 0 aliphatic carbocycles. The van der Waals surface area contributed by atoms with E-state index in [1.807, 2.05) is 0 Å². The molecule has 0 aliphatic rings. The Labute approximate surface area is 87.4 Å². The lowest BCUT2D eigenvalue weighted by atomic mass is 10.3. The summed E-state index contributed by atoms with van der Waals surface area (Å²) in [5, 5.41) is 2.21. The van der Waals surface area contributed by atoms with Crippen molar-refractivity contribution in [2.24, 2.45) is 0 Å². The van der Waals surface area contributed by atoms with Crippen LogP contribution in [0.2, 0.25) is 0 Å². The number of hydrogen-bond donors (Lipinski definition) is 2. The zero-order valence-electron chi connectivity index (χ0n) is 7.03. The molecule has 0 aliphatic heterocycles. The van der Waals surface area contributed by atoms with Gasteiger partial charge in [-0.25, -0.2) is 0 Å². The highest BCUT2D eigenvalue weighted by Crippen LogP contribution is 2.24. The Morgan fingerprint density at radius 1 is 1.36 bits per heavy atom. The molecule has 6 heteroatoms. The molecule has 14 heavy (non-hydrogen) atoms. The Morgan fingerprint density at radius 2 is 2.00 bits per heavy atom. The standard InChI is InChI=1S/C8H8BrF3N2/c9-5-1-2-7(6(13)3-5)14-4-8(10,11)12/h1-3,14H,4,13H2. The van der Waals surface area contributed by atoms with E-state index in [-0.39, 0.29) is 11.4 Å². The normalized spacial score (nSPS) is 11.4. The number of nitrogens with one attached hydrogen (secondary N) is 1. The molecule has 0 amide bonds. The minimum atomic E-state index is -4.24. The van der Waals surface area contributed by atoms with Gasteiger partial charge in [0.15, 0.2) is 0 Å². The molecular weight excluding hydrogens is 261 g/mol. The molecule has 0 spiro atoms. The molecule has 2 nitrogen and oxygen atoms in total. The summed E-state index contributed by atoms with van der Waals surface area (Å²) in [7, 11) is 0. The molecule has 78 valence electrons. The number of nitrogens with two attached hydrogens (primary N) is 1. The van der Waals surface area contributed by atoms with Crippen molar-refractivity contribution < 1.29 is 13.2 Å². The lowest BCUT2D eigenvalue weighted by Gasteiger charge is -2.11.